The fourth-order valence-corrected chi connectivity index (χ4v) is 5.86. The Kier molecular flexibility index (Phi) is 8.09. The summed E-state index contributed by atoms with van der Waals surface area (Å²) in [6.45, 7) is 3.69. The lowest BCUT2D eigenvalue weighted by Crippen LogP contribution is -2.26. The number of aromatic nitrogens is 2. The summed E-state index contributed by atoms with van der Waals surface area (Å²) in [5.74, 6) is -0.504. The van der Waals surface area contributed by atoms with Gasteiger partial charge in [-0.15, -0.1) is 0 Å². The number of hydrogen-bond acceptors (Lipinski definition) is 7. The second-order valence-electron chi connectivity index (χ2n) is 8.83. The molecule has 4 aromatic rings. The van der Waals surface area contributed by atoms with Crippen molar-refractivity contribution < 1.29 is 21.6 Å². The Morgan fingerprint density at radius 3 is 1.95 bits per heavy atom. The molecule has 39 heavy (non-hydrogen) atoms. The van der Waals surface area contributed by atoms with E-state index in [2.05, 4.69) is 20.0 Å². The van der Waals surface area contributed by atoms with E-state index in [-0.39, 0.29) is 27.8 Å². The number of benzene rings is 3. The molecule has 10 nitrogen and oxygen atoms in total. The van der Waals surface area contributed by atoms with Crippen LogP contribution in [0.5, 0.6) is 0 Å². The third-order valence-corrected chi connectivity index (χ3v) is 8.86. The van der Waals surface area contributed by atoms with Crippen LogP contribution in [-0.4, -0.2) is 44.1 Å². The van der Waals surface area contributed by atoms with Gasteiger partial charge in [0.15, 0.2) is 0 Å². The van der Waals surface area contributed by atoms with Crippen LogP contribution in [0.25, 0.3) is 0 Å². The Balaban J connectivity index is 1.41. The van der Waals surface area contributed by atoms with E-state index in [4.69, 9.17) is 0 Å². The minimum absolute atomic E-state index is 0.0263. The van der Waals surface area contributed by atoms with Gasteiger partial charge >= 0.3 is 0 Å². The van der Waals surface area contributed by atoms with Gasteiger partial charge in [0.2, 0.25) is 16.0 Å². The standard InChI is InChI=1S/C27H27N5O5S2/c1-19-17-20(2)29-27(28-19)31-38(34,35)24-15-11-23(12-16-24)30-26(33)22-9-13-25(14-10-22)39(36,37)32(3)18-21-7-5-4-6-8-21/h4-17H,18H2,1-3H3,(H,30,33)(H,28,29,31). The molecule has 0 atom stereocenters. The summed E-state index contributed by atoms with van der Waals surface area (Å²) >= 11 is 0. The second-order valence-corrected chi connectivity index (χ2v) is 12.6. The van der Waals surface area contributed by atoms with E-state index in [9.17, 15) is 21.6 Å². The number of amides is 1. The number of anilines is 2. The summed E-state index contributed by atoms with van der Waals surface area (Å²) in [6, 6.07) is 22.1. The van der Waals surface area contributed by atoms with Crippen molar-refractivity contribution in [2.45, 2.75) is 30.2 Å². The van der Waals surface area contributed by atoms with Crippen LogP contribution in [0.15, 0.2) is 94.7 Å². The van der Waals surface area contributed by atoms with Crippen LogP contribution in [0.4, 0.5) is 11.6 Å². The van der Waals surface area contributed by atoms with E-state index in [0.717, 1.165) is 5.56 Å². The van der Waals surface area contributed by atoms with Crippen LogP contribution in [-0.2, 0) is 26.6 Å². The molecule has 0 aliphatic rings. The van der Waals surface area contributed by atoms with Gasteiger partial charge in [-0.25, -0.2) is 31.5 Å². The monoisotopic (exact) mass is 565 g/mol. The summed E-state index contributed by atoms with van der Waals surface area (Å²) in [4.78, 5) is 20.9. The van der Waals surface area contributed by atoms with Gasteiger partial charge in [0.1, 0.15) is 0 Å². The SMILES string of the molecule is Cc1cc(C)nc(NS(=O)(=O)c2ccc(NC(=O)c3ccc(S(=O)(=O)N(C)Cc4ccccc4)cc3)cc2)n1. The highest BCUT2D eigenvalue weighted by Crippen LogP contribution is 2.20. The topological polar surface area (TPSA) is 138 Å². The van der Waals surface area contributed by atoms with Crippen LogP contribution in [0, 0.1) is 13.8 Å². The molecule has 0 saturated heterocycles. The van der Waals surface area contributed by atoms with Gasteiger partial charge in [0.05, 0.1) is 9.79 Å². The first kappa shape index (κ1) is 27.9. The summed E-state index contributed by atoms with van der Waals surface area (Å²) < 4.78 is 54.9. The summed E-state index contributed by atoms with van der Waals surface area (Å²) in [6.07, 6.45) is 0. The number of rotatable bonds is 9. The van der Waals surface area contributed by atoms with Crippen molar-refractivity contribution in [1.29, 1.82) is 0 Å². The zero-order valence-corrected chi connectivity index (χ0v) is 23.1. The largest absolute Gasteiger partial charge is 0.322 e. The van der Waals surface area contributed by atoms with Crippen LogP contribution in [0.2, 0.25) is 0 Å². The molecular weight excluding hydrogens is 538 g/mol. The lowest BCUT2D eigenvalue weighted by atomic mass is 10.2. The Morgan fingerprint density at radius 2 is 1.36 bits per heavy atom. The molecule has 12 heteroatoms. The molecule has 1 amide bonds. The molecule has 0 radical (unpaired) electrons. The van der Waals surface area contributed by atoms with E-state index in [1.165, 1.54) is 59.9 Å². The smallest absolute Gasteiger partial charge is 0.264 e. The molecule has 0 bridgehead atoms. The van der Waals surface area contributed by atoms with E-state index in [0.29, 0.717) is 17.1 Å². The van der Waals surface area contributed by atoms with Gasteiger partial charge in [0.25, 0.3) is 15.9 Å². The second kappa shape index (κ2) is 11.3. The van der Waals surface area contributed by atoms with Gasteiger partial charge < -0.3 is 5.32 Å². The molecule has 202 valence electrons. The van der Waals surface area contributed by atoms with Crippen LogP contribution < -0.4 is 10.0 Å². The Labute approximate surface area is 227 Å². The summed E-state index contributed by atoms with van der Waals surface area (Å²) in [5, 5.41) is 2.68. The average Bonchev–Trinajstić information content (AvgIpc) is 2.88. The van der Waals surface area contributed by atoms with Crippen LogP contribution >= 0.6 is 0 Å². The minimum Gasteiger partial charge on any atom is -0.322 e. The number of sulfonamides is 2. The van der Waals surface area contributed by atoms with E-state index < -0.39 is 26.0 Å². The summed E-state index contributed by atoms with van der Waals surface area (Å²) in [7, 11) is -6.20. The number of carbonyl (C=O) groups is 1. The predicted octanol–water partition coefficient (Wildman–Crippen LogP) is 3.97. The van der Waals surface area contributed by atoms with Crippen molar-refractivity contribution in [3.05, 3.63) is 107 Å². The lowest BCUT2D eigenvalue weighted by Gasteiger charge is -2.17. The molecule has 0 saturated carbocycles. The van der Waals surface area contributed by atoms with Crippen molar-refractivity contribution in [3.8, 4) is 0 Å². The molecule has 0 aliphatic heterocycles. The van der Waals surface area contributed by atoms with Crippen molar-refractivity contribution >= 4 is 37.6 Å². The molecule has 0 unspecified atom stereocenters. The number of nitrogens with one attached hydrogen (secondary N) is 2. The predicted molar refractivity (Wildman–Crippen MR) is 148 cm³/mol. The lowest BCUT2D eigenvalue weighted by molar-refractivity contribution is 0.102. The highest BCUT2D eigenvalue weighted by Gasteiger charge is 2.21. The van der Waals surface area contributed by atoms with Gasteiger partial charge in [-0.05, 0) is 74.0 Å². The third-order valence-electron chi connectivity index (χ3n) is 5.70. The number of nitrogens with zero attached hydrogens (tertiary/aromatic N) is 3. The maximum absolute atomic E-state index is 12.9. The minimum atomic E-state index is -3.94. The van der Waals surface area contributed by atoms with Crippen molar-refractivity contribution in [2.75, 3.05) is 17.1 Å². The highest BCUT2D eigenvalue weighted by molar-refractivity contribution is 7.92. The maximum Gasteiger partial charge on any atom is 0.264 e. The number of aryl methyl sites for hydroxylation is 2. The Morgan fingerprint density at radius 1 is 0.795 bits per heavy atom. The average molecular weight is 566 g/mol. The molecule has 0 aliphatic carbocycles. The molecular formula is C27H27N5O5S2. The number of carbonyl (C=O) groups excluding carboxylic acids is 1. The maximum atomic E-state index is 12.9. The van der Waals surface area contributed by atoms with Gasteiger partial charge in [-0.1, -0.05) is 30.3 Å². The van der Waals surface area contributed by atoms with Crippen molar-refractivity contribution in [2.24, 2.45) is 0 Å². The van der Waals surface area contributed by atoms with Gasteiger partial charge in [-0.3, -0.25) is 4.79 Å². The van der Waals surface area contributed by atoms with E-state index in [1.54, 1.807) is 19.9 Å². The fourth-order valence-electron chi connectivity index (χ4n) is 3.76. The van der Waals surface area contributed by atoms with Crippen LogP contribution in [0.3, 0.4) is 0 Å². The molecule has 2 N–H and O–H groups in total. The zero-order chi connectivity index (χ0) is 28.2. The molecule has 3 aromatic carbocycles. The summed E-state index contributed by atoms with van der Waals surface area (Å²) in [5.41, 5.74) is 2.71. The Bertz CT molecular complexity index is 1670. The van der Waals surface area contributed by atoms with E-state index >= 15 is 0 Å². The molecule has 1 aromatic heterocycles. The van der Waals surface area contributed by atoms with Crippen molar-refractivity contribution in [1.82, 2.24) is 14.3 Å². The van der Waals surface area contributed by atoms with E-state index in [1.807, 2.05) is 30.3 Å². The zero-order valence-electron chi connectivity index (χ0n) is 21.5. The fraction of sp³-hybridized carbons (Fsp3) is 0.148. The molecule has 0 spiro atoms. The molecule has 1 heterocycles. The Hall–Kier alpha value is -4.13. The highest BCUT2D eigenvalue weighted by atomic mass is 32.2. The molecule has 0 fully saturated rings. The van der Waals surface area contributed by atoms with Gasteiger partial charge in [0, 0.05) is 36.2 Å². The third kappa shape index (κ3) is 6.85. The van der Waals surface area contributed by atoms with Crippen LogP contribution in [0.1, 0.15) is 27.3 Å². The van der Waals surface area contributed by atoms with Crippen molar-refractivity contribution in [3.63, 3.8) is 0 Å². The normalized spacial score (nSPS) is 11.8. The first-order valence-electron chi connectivity index (χ1n) is 11.8. The first-order chi connectivity index (χ1) is 18.4. The first-order valence-corrected chi connectivity index (χ1v) is 14.7. The van der Waals surface area contributed by atoms with Gasteiger partial charge in [-0.2, -0.15) is 4.31 Å². The number of hydrogen-bond donors (Lipinski definition) is 2. The molecule has 4 rings (SSSR count). The quantitative estimate of drug-likeness (QED) is 0.313.